The molecule has 2 atom stereocenters. The SMILES string of the molecule is Cc1nccc(-c2ccc(-c3noc(CN4C[C@H]5CCCC[C@@H]5C4)n3)cc2)n1. The highest BCUT2D eigenvalue weighted by Crippen LogP contribution is 2.36. The lowest BCUT2D eigenvalue weighted by atomic mass is 9.82. The molecule has 1 aliphatic heterocycles. The Morgan fingerprint density at radius 2 is 1.68 bits per heavy atom. The van der Waals surface area contributed by atoms with Crippen LogP contribution in [-0.4, -0.2) is 38.1 Å². The fourth-order valence-electron chi connectivity index (χ4n) is 4.67. The van der Waals surface area contributed by atoms with Crippen molar-refractivity contribution in [1.29, 1.82) is 0 Å². The Balaban J connectivity index is 1.27. The van der Waals surface area contributed by atoms with Gasteiger partial charge in [-0.25, -0.2) is 9.97 Å². The number of aromatic nitrogens is 4. The number of hydrogen-bond acceptors (Lipinski definition) is 6. The first-order valence-electron chi connectivity index (χ1n) is 10.2. The van der Waals surface area contributed by atoms with E-state index in [1.165, 1.54) is 38.8 Å². The van der Waals surface area contributed by atoms with E-state index < -0.39 is 0 Å². The third kappa shape index (κ3) is 3.56. The number of likely N-dealkylation sites (tertiary alicyclic amines) is 1. The number of benzene rings is 1. The topological polar surface area (TPSA) is 67.9 Å². The Labute approximate surface area is 165 Å². The van der Waals surface area contributed by atoms with Crippen molar-refractivity contribution >= 4 is 0 Å². The first-order chi connectivity index (χ1) is 13.7. The Morgan fingerprint density at radius 1 is 0.964 bits per heavy atom. The van der Waals surface area contributed by atoms with E-state index in [0.29, 0.717) is 11.7 Å². The molecule has 0 radical (unpaired) electrons. The lowest BCUT2D eigenvalue weighted by Gasteiger charge is -2.23. The van der Waals surface area contributed by atoms with Crippen LogP contribution in [-0.2, 0) is 6.54 Å². The number of rotatable bonds is 4. The third-order valence-corrected chi connectivity index (χ3v) is 6.09. The molecule has 0 N–H and O–H groups in total. The summed E-state index contributed by atoms with van der Waals surface area (Å²) in [5.74, 6) is 3.87. The summed E-state index contributed by atoms with van der Waals surface area (Å²) in [6.45, 7) is 5.01. The normalized spacial score (nSPS) is 22.3. The van der Waals surface area contributed by atoms with Crippen LogP contribution in [0.3, 0.4) is 0 Å². The minimum Gasteiger partial charge on any atom is -0.338 e. The fourth-order valence-corrected chi connectivity index (χ4v) is 4.67. The predicted octanol–water partition coefficient (Wildman–Crippen LogP) is 4.12. The highest BCUT2D eigenvalue weighted by Gasteiger charge is 2.34. The molecular formula is C22H25N5O. The molecule has 1 saturated heterocycles. The molecule has 2 fully saturated rings. The van der Waals surface area contributed by atoms with E-state index >= 15 is 0 Å². The molecule has 2 aliphatic rings. The maximum Gasteiger partial charge on any atom is 0.241 e. The van der Waals surface area contributed by atoms with Gasteiger partial charge in [-0.2, -0.15) is 4.98 Å². The van der Waals surface area contributed by atoms with E-state index in [1.807, 2.05) is 37.3 Å². The molecule has 28 heavy (non-hydrogen) atoms. The predicted molar refractivity (Wildman–Crippen MR) is 106 cm³/mol. The van der Waals surface area contributed by atoms with E-state index in [0.717, 1.165) is 41.0 Å². The zero-order valence-corrected chi connectivity index (χ0v) is 16.2. The van der Waals surface area contributed by atoms with Crippen molar-refractivity contribution in [3.05, 3.63) is 48.2 Å². The van der Waals surface area contributed by atoms with Crippen molar-refractivity contribution in [2.45, 2.75) is 39.2 Å². The number of nitrogens with zero attached hydrogens (tertiary/aromatic N) is 5. The molecule has 3 aromatic rings. The highest BCUT2D eigenvalue weighted by atomic mass is 16.5. The maximum absolute atomic E-state index is 5.54. The average Bonchev–Trinajstić information content (AvgIpc) is 3.35. The van der Waals surface area contributed by atoms with Crippen LogP contribution in [0.2, 0.25) is 0 Å². The zero-order valence-electron chi connectivity index (χ0n) is 16.2. The standard InChI is InChI=1S/C22H25N5O/c1-15-23-11-10-20(24-15)16-6-8-17(9-7-16)22-25-21(28-26-22)14-27-12-18-4-2-3-5-19(18)13-27/h6-11,18-19H,2-5,12-14H2,1H3/t18-,19-/m1/s1. The van der Waals surface area contributed by atoms with Gasteiger partial charge >= 0.3 is 0 Å². The van der Waals surface area contributed by atoms with Gasteiger partial charge in [0.25, 0.3) is 0 Å². The molecule has 0 unspecified atom stereocenters. The second-order valence-corrected chi connectivity index (χ2v) is 8.08. The van der Waals surface area contributed by atoms with Crippen molar-refractivity contribution in [3.63, 3.8) is 0 Å². The Kier molecular flexibility index (Phi) is 4.64. The summed E-state index contributed by atoms with van der Waals surface area (Å²) in [7, 11) is 0. The van der Waals surface area contributed by atoms with E-state index in [-0.39, 0.29) is 0 Å². The van der Waals surface area contributed by atoms with Gasteiger partial charge < -0.3 is 4.52 Å². The largest absolute Gasteiger partial charge is 0.338 e. The molecule has 6 nitrogen and oxygen atoms in total. The summed E-state index contributed by atoms with van der Waals surface area (Å²) in [5, 5.41) is 4.20. The molecule has 144 valence electrons. The van der Waals surface area contributed by atoms with E-state index in [9.17, 15) is 0 Å². The minimum absolute atomic E-state index is 0.650. The molecular weight excluding hydrogens is 350 g/mol. The first-order valence-corrected chi connectivity index (χ1v) is 10.2. The lowest BCUT2D eigenvalue weighted by Crippen LogP contribution is -2.20. The second-order valence-electron chi connectivity index (χ2n) is 8.08. The fraction of sp³-hybridized carbons (Fsp3) is 0.455. The molecule has 3 heterocycles. The van der Waals surface area contributed by atoms with Crippen molar-refractivity contribution in [2.75, 3.05) is 13.1 Å². The van der Waals surface area contributed by atoms with Crippen molar-refractivity contribution in [2.24, 2.45) is 11.8 Å². The van der Waals surface area contributed by atoms with Crippen LogP contribution in [0.25, 0.3) is 22.6 Å². The quantitative estimate of drug-likeness (QED) is 0.683. The lowest BCUT2D eigenvalue weighted by molar-refractivity contribution is 0.258. The van der Waals surface area contributed by atoms with Gasteiger partial charge in [-0.3, -0.25) is 4.90 Å². The van der Waals surface area contributed by atoms with Crippen LogP contribution < -0.4 is 0 Å². The smallest absolute Gasteiger partial charge is 0.241 e. The molecule has 1 aliphatic carbocycles. The van der Waals surface area contributed by atoms with Crippen LogP contribution in [0.5, 0.6) is 0 Å². The minimum atomic E-state index is 0.650. The molecule has 1 aromatic carbocycles. The van der Waals surface area contributed by atoms with Gasteiger partial charge in [-0.05, 0) is 37.7 Å². The Hall–Kier alpha value is -2.60. The van der Waals surface area contributed by atoms with Gasteiger partial charge in [-0.1, -0.05) is 42.3 Å². The maximum atomic E-state index is 5.54. The number of hydrogen-bond donors (Lipinski definition) is 0. The zero-order chi connectivity index (χ0) is 18.9. The van der Waals surface area contributed by atoms with Crippen LogP contribution >= 0.6 is 0 Å². The molecule has 6 heteroatoms. The van der Waals surface area contributed by atoms with Crippen molar-refractivity contribution in [3.8, 4) is 22.6 Å². The van der Waals surface area contributed by atoms with E-state index in [2.05, 4.69) is 25.0 Å². The monoisotopic (exact) mass is 375 g/mol. The van der Waals surface area contributed by atoms with Gasteiger partial charge in [0, 0.05) is 30.4 Å². The Bertz CT molecular complexity index is 938. The first kappa shape index (κ1) is 17.5. The summed E-state index contributed by atoms with van der Waals surface area (Å²) in [4.78, 5) is 15.7. The molecule has 1 saturated carbocycles. The molecule has 5 rings (SSSR count). The van der Waals surface area contributed by atoms with Crippen LogP contribution in [0.15, 0.2) is 41.1 Å². The summed E-state index contributed by atoms with van der Waals surface area (Å²) >= 11 is 0. The highest BCUT2D eigenvalue weighted by molar-refractivity contribution is 5.64. The third-order valence-electron chi connectivity index (χ3n) is 6.09. The summed E-state index contributed by atoms with van der Waals surface area (Å²) < 4.78 is 5.54. The van der Waals surface area contributed by atoms with Gasteiger partial charge in [0.05, 0.1) is 12.2 Å². The van der Waals surface area contributed by atoms with Crippen LogP contribution in [0.1, 0.15) is 37.4 Å². The van der Waals surface area contributed by atoms with Crippen molar-refractivity contribution in [1.82, 2.24) is 25.0 Å². The van der Waals surface area contributed by atoms with Crippen LogP contribution in [0, 0.1) is 18.8 Å². The van der Waals surface area contributed by atoms with E-state index in [4.69, 9.17) is 4.52 Å². The van der Waals surface area contributed by atoms with Crippen LogP contribution in [0.4, 0.5) is 0 Å². The Morgan fingerprint density at radius 3 is 2.39 bits per heavy atom. The average molecular weight is 375 g/mol. The van der Waals surface area contributed by atoms with Gasteiger partial charge in [-0.15, -0.1) is 0 Å². The van der Waals surface area contributed by atoms with Gasteiger partial charge in [0.2, 0.25) is 11.7 Å². The second kappa shape index (κ2) is 7.43. The van der Waals surface area contributed by atoms with E-state index in [1.54, 1.807) is 6.20 Å². The summed E-state index contributed by atoms with van der Waals surface area (Å²) in [6.07, 6.45) is 7.34. The van der Waals surface area contributed by atoms with Crippen molar-refractivity contribution < 1.29 is 4.52 Å². The summed E-state index contributed by atoms with van der Waals surface area (Å²) in [5.41, 5.74) is 2.93. The van der Waals surface area contributed by atoms with Gasteiger partial charge in [0.15, 0.2) is 0 Å². The summed E-state index contributed by atoms with van der Waals surface area (Å²) in [6, 6.07) is 10.0. The molecule has 0 amide bonds. The molecule has 0 spiro atoms. The van der Waals surface area contributed by atoms with Gasteiger partial charge in [0.1, 0.15) is 5.82 Å². The molecule has 0 bridgehead atoms. The number of aryl methyl sites for hydroxylation is 1. The molecule has 2 aromatic heterocycles. The number of fused-ring (bicyclic) bond motifs is 1.